The summed E-state index contributed by atoms with van der Waals surface area (Å²) >= 11 is 0. The summed E-state index contributed by atoms with van der Waals surface area (Å²) in [4.78, 5) is 0.0543. The Bertz CT molecular complexity index is 935. The maximum Gasteiger partial charge on any atom is 0.243 e. The summed E-state index contributed by atoms with van der Waals surface area (Å²) in [6.07, 6.45) is 1.68. The minimum Gasteiger partial charge on any atom is -0.384 e. The van der Waals surface area contributed by atoms with E-state index in [1.807, 2.05) is 0 Å². The van der Waals surface area contributed by atoms with Gasteiger partial charge in [-0.2, -0.15) is 4.31 Å². The Labute approximate surface area is 160 Å². The molecule has 0 saturated carbocycles. The first-order valence-electron chi connectivity index (χ1n) is 8.70. The molecule has 0 aromatic heterocycles. The lowest BCUT2D eigenvalue weighted by Crippen LogP contribution is -2.50. The number of halogens is 1. The molecule has 2 fully saturated rings. The minimum atomic E-state index is -3.78. The summed E-state index contributed by atoms with van der Waals surface area (Å²) < 4.78 is 71.7. The van der Waals surface area contributed by atoms with Gasteiger partial charge in [-0.3, -0.25) is 0 Å². The lowest BCUT2D eigenvalue weighted by Gasteiger charge is -2.42. The highest BCUT2D eigenvalue weighted by atomic mass is 32.2. The quantitative estimate of drug-likeness (QED) is 0.711. The molecule has 7 nitrogen and oxygen atoms in total. The molecule has 0 radical (unpaired) electrons. The molecule has 2 saturated heterocycles. The molecule has 0 bridgehead atoms. The molecule has 3 rings (SSSR count). The second-order valence-electron chi connectivity index (χ2n) is 7.57. The molecular weight excluding hydrogens is 395 g/mol. The Morgan fingerprint density at radius 3 is 2.48 bits per heavy atom. The fourth-order valence-electron chi connectivity index (χ4n) is 4.12. The molecule has 10 heteroatoms. The Kier molecular flexibility index (Phi) is 5.41. The van der Waals surface area contributed by atoms with Crippen LogP contribution in [0, 0.1) is 24.1 Å². The summed E-state index contributed by atoms with van der Waals surface area (Å²) in [5.41, 5.74) is -0.117. The highest BCUT2D eigenvalue weighted by molar-refractivity contribution is 7.89. The van der Waals surface area contributed by atoms with Gasteiger partial charge in [-0.25, -0.2) is 25.5 Å². The van der Waals surface area contributed by atoms with E-state index in [0.29, 0.717) is 19.6 Å². The fraction of sp³-hybridized carbons (Fsp3) is 0.647. The van der Waals surface area contributed by atoms with Crippen LogP contribution in [0.25, 0.3) is 0 Å². The average Bonchev–Trinajstić information content (AvgIpc) is 2.96. The highest BCUT2D eigenvalue weighted by Gasteiger charge is 2.53. The van der Waals surface area contributed by atoms with Crippen LogP contribution in [0.4, 0.5) is 4.39 Å². The summed E-state index contributed by atoms with van der Waals surface area (Å²) in [6.45, 7) is 3.01. The zero-order valence-corrected chi connectivity index (χ0v) is 17.3. The Hall–Kier alpha value is -1.07. The molecule has 27 heavy (non-hydrogen) atoms. The Morgan fingerprint density at radius 2 is 1.89 bits per heavy atom. The van der Waals surface area contributed by atoms with E-state index in [0.717, 1.165) is 6.07 Å². The second kappa shape index (κ2) is 7.07. The third kappa shape index (κ3) is 3.77. The van der Waals surface area contributed by atoms with Crippen LogP contribution in [0.3, 0.4) is 0 Å². The molecule has 2 heterocycles. The summed E-state index contributed by atoms with van der Waals surface area (Å²) in [5, 5.41) is 0. The van der Waals surface area contributed by atoms with E-state index in [9.17, 15) is 21.2 Å². The number of hydrogen-bond donors (Lipinski definition) is 0. The molecule has 2 unspecified atom stereocenters. The first-order chi connectivity index (χ1) is 12.5. The summed E-state index contributed by atoms with van der Waals surface area (Å²) in [6, 6.07) is 3.76. The van der Waals surface area contributed by atoms with Gasteiger partial charge in [0, 0.05) is 38.7 Å². The van der Waals surface area contributed by atoms with Crippen LogP contribution < -0.4 is 0 Å². The molecule has 0 spiro atoms. The van der Waals surface area contributed by atoms with E-state index in [4.69, 9.17) is 4.74 Å². The summed E-state index contributed by atoms with van der Waals surface area (Å²) in [7, 11) is -5.57. The summed E-state index contributed by atoms with van der Waals surface area (Å²) in [5.74, 6) is -0.608. The molecule has 1 aromatic rings. The van der Waals surface area contributed by atoms with Gasteiger partial charge in [0.15, 0.2) is 0 Å². The van der Waals surface area contributed by atoms with Crippen molar-refractivity contribution in [2.45, 2.75) is 18.2 Å². The molecule has 152 valence electrons. The topological polar surface area (TPSA) is 84.0 Å². The first kappa shape index (κ1) is 20.7. The second-order valence-corrected chi connectivity index (χ2v) is 11.5. The van der Waals surface area contributed by atoms with Crippen LogP contribution in [0.5, 0.6) is 0 Å². The number of sulfonamides is 2. The molecular formula is C17H25FN2O5S2. The first-order valence-corrected chi connectivity index (χ1v) is 12.0. The van der Waals surface area contributed by atoms with E-state index >= 15 is 0 Å². The average molecular weight is 421 g/mol. The molecule has 2 atom stereocenters. The third-order valence-electron chi connectivity index (χ3n) is 5.73. The number of piperidine rings is 1. The molecule has 2 aliphatic heterocycles. The van der Waals surface area contributed by atoms with Crippen molar-refractivity contribution in [1.82, 2.24) is 8.61 Å². The monoisotopic (exact) mass is 420 g/mol. The van der Waals surface area contributed by atoms with E-state index in [2.05, 4.69) is 0 Å². The van der Waals surface area contributed by atoms with E-state index < -0.39 is 25.9 Å². The van der Waals surface area contributed by atoms with Crippen LogP contribution in [0.2, 0.25) is 0 Å². The van der Waals surface area contributed by atoms with Gasteiger partial charge in [0.1, 0.15) is 5.82 Å². The maximum atomic E-state index is 13.5. The number of benzene rings is 1. The number of hydrogen-bond acceptors (Lipinski definition) is 5. The van der Waals surface area contributed by atoms with Crippen molar-refractivity contribution < 1.29 is 26.0 Å². The van der Waals surface area contributed by atoms with Crippen molar-refractivity contribution in [2.24, 2.45) is 11.3 Å². The van der Waals surface area contributed by atoms with Crippen molar-refractivity contribution in [1.29, 1.82) is 0 Å². The Balaban J connectivity index is 1.88. The zero-order valence-electron chi connectivity index (χ0n) is 15.7. The number of nitrogens with zero attached hydrogens (tertiary/aromatic N) is 2. The predicted molar refractivity (Wildman–Crippen MR) is 98.7 cm³/mol. The van der Waals surface area contributed by atoms with Gasteiger partial charge in [-0.15, -0.1) is 0 Å². The number of fused-ring (bicyclic) bond motifs is 1. The van der Waals surface area contributed by atoms with Crippen molar-refractivity contribution in [2.75, 3.05) is 46.2 Å². The lowest BCUT2D eigenvalue weighted by atomic mass is 9.74. The van der Waals surface area contributed by atoms with Crippen molar-refractivity contribution in [3.8, 4) is 0 Å². The number of methoxy groups -OCH3 is 1. The van der Waals surface area contributed by atoms with Crippen LogP contribution >= 0.6 is 0 Å². The van der Waals surface area contributed by atoms with Gasteiger partial charge < -0.3 is 4.74 Å². The van der Waals surface area contributed by atoms with Gasteiger partial charge in [0.05, 0.1) is 17.8 Å². The molecule has 1 aromatic carbocycles. The number of rotatable bonds is 5. The molecule has 0 N–H and O–H groups in total. The van der Waals surface area contributed by atoms with Crippen LogP contribution in [0.15, 0.2) is 23.1 Å². The molecule has 0 amide bonds. The van der Waals surface area contributed by atoms with Gasteiger partial charge >= 0.3 is 0 Å². The van der Waals surface area contributed by atoms with Crippen LogP contribution in [0.1, 0.15) is 12.0 Å². The number of ether oxygens (including phenoxy) is 1. The van der Waals surface area contributed by atoms with Crippen molar-refractivity contribution >= 4 is 20.0 Å². The molecule has 2 aliphatic rings. The predicted octanol–water partition coefficient (Wildman–Crippen LogP) is 1.05. The van der Waals surface area contributed by atoms with Crippen LogP contribution in [-0.2, 0) is 24.8 Å². The SMILES string of the molecule is COCC12CCN(S(=O)(=O)c3ccc(F)c(C)c3)CC1CN(S(C)(=O)=O)C2. The third-order valence-corrected chi connectivity index (χ3v) is 8.81. The van der Waals surface area contributed by atoms with Gasteiger partial charge in [0.25, 0.3) is 0 Å². The van der Waals surface area contributed by atoms with Crippen molar-refractivity contribution in [3.05, 3.63) is 29.6 Å². The largest absolute Gasteiger partial charge is 0.384 e. The van der Waals surface area contributed by atoms with Crippen LogP contribution in [-0.4, -0.2) is 71.6 Å². The smallest absolute Gasteiger partial charge is 0.243 e. The maximum absolute atomic E-state index is 13.5. The Morgan fingerprint density at radius 1 is 1.22 bits per heavy atom. The minimum absolute atomic E-state index is 0.0543. The van der Waals surface area contributed by atoms with E-state index in [1.165, 1.54) is 33.9 Å². The standard InChI is InChI=1S/C17H25FN2O5S2/c1-13-8-15(4-5-16(13)18)27(23,24)19-7-6-17(12-25-2)11-20(26(3,21)22)10-14(17)9-19/h4-5,8,14H,6-7,9-12H2,1-3H3. The van der Waals surface area contributed by atoms with Gasteiger partial charge in [-0.05, 0) is 43.0 Å². The fourth-order valence-corrected chi connectivity index (χ4v) is 6.64. The van der Waals surface area contributed by atoms with E-state index in [1.54, 1.807) is 7.11 Å². The van der Waals surface area contributed by atoms with E-state index in [-0.39, 0.29) is 41.4 Å². The normalized spacial score (nSPS) is 27.6. The highest BCUT2D eigenvalue weighted by Crippen LogP contribution is 2.44. The zero-order chi connectivity index (χ0) is 20.0. The van der Waals surface area contributed by atoms with Gasteiger partial charge in [-0.1, -0.05) is 0 Å². The van der Waals surface area contributed by atoms with Crippen molar-refractivity contribution in [3.63, 3.8) is 0 Å². The lowest BCUT2D eigenvalue weighted by molar-refractivity contribution is 0.0209. The van der Waals surface area contributed by atoms with Gasteiger partial charge in [0.2, 0.25) is 20.0 Å². The molecule has 0 aliphatic carbocycles. The number of aryl methyl sites for hydroxylation is 1.